The summed E-state index contributed by atoms with van der Waals surface area (Å²) in [6.07, 6.45) is 2.59. The maximum atomic E-state index is 12.6. The van der Waals surface area contributed by atoms with Gasteiger partial charge < -0.3 is 10.2 Å². The molecule has 1 aliphatic rings. The van der Waals surface area contributed by atoms with Gasteiger partial charge in [-0.25, -0.2) is 0 Å². The molecule has 1 saturated heterocycles. The molecule has 0 aliphatic carbocycles. The van der Waals surface area contributed by atoms with Crippen molar-refractivity contribution in [1.82, 2.24) is 10.2 Å². The lowest BCUT2D eigenvalue weighted by atomic mass is 9.91. The summed E-state index contributed by atoms with van der Waals surface area (Å²) in [6.45, 7) is 11.5. The summed E-state index contributed by atoms with van der Waals surface area (Å²) in [5.41, 5.74) is 2.74. The normalized spacial score (nSPS) is 16.6. The Hall–Kier alpha value is -2.46. The van der Waals surface area contributed by atoms with E-state index in [1.165, 1.54) is 5.56 Å². The fraction of sp³-hybridized carbons (Fsp3) is 0.481. The Morgan fingerprint density at radius 3 is 2.13 bits per heavy atom. The van der Waals surface area contributed by atoms with E-state index in [-0.39, 0.29) is 17.1 Å². The quantitative estimate of drug-likeness (QED) is 0.639. The zero-order chi connectivity index (χ0) is 22.4. The van der Waals surface area contributed by atoms with Crippen LogP contribution in [-0.4, -0.2) is 42.3 Å². The largest absolute Gasteiger partial charge is 0.353 e. The van der Waals surface area contributed by atoms with Crippen molar-refractivity contribution in [2.24, 2.45) is 5.41 Å². The number of piperidine rings is 1. The van der Waals surface area contributed by atoms with Crippen LogP contribution in [0, 0.1) is 5.41 Å². The van der Waals surface area contributed by atoms with Gasteiger partial charge in [0.25, 0.3) is 0 Å². The highest BCUT2D eigenvalue weighted by molar-refractivity contribution is 6.08. The number of nitrogens with zero attached hydrogens (tertiary/aromatic N) is 1. The summed E-state index contributed by atoms with van der Waals surface area (Å²) < 4.78 is 0. The van der Waals surface area contributed by atoms with Crippen molar-refractivity contribution in [2.45, 2.75) is 58.9 Å². The Morgan fingerprint density at radius 1 is 0.968 bits per heavy atom. The SMILES string of the molecule is CC(CN1CCC(NC(=O)CC(C)(C)C)CC1)c1ccc(C(=O)c2ccccc2)cc1. The molecule has 0 saturated carbocycles. The van der Waals surface area contributed by atoms with Crippen molar-refractivity contribution < 1.29 is 9.59 Å². The second-order valence-corrected chi connectivity index (χ2v) is 10.1. The third-order valence-corrected chi connectivity index (χ3v) is 5.95. The van der Waals surface area contributed by atoms with Gasteiger partial charge in [0.05, 0.1) is 0 Å². The number of hydrogen-bond donors (Lipinski definition) is 1. The molecule has 3 rings (SSSR count). The average molecular weight is 421 g/mol. The number of carbonyl (C=O) groups is 2. The molecule has 0 radical (unpaired) electrons. The first-order valence-corrected chi connectivity index (χ1v) is 11.4. The zero-order valence-corrected chi connectivity index (χ0v) is 19.4. The number of benzene rings is 2. The maximum absolute atomic E-state index is 12.6. The van der Waals surface area contributed by atoms with E-state index in [9.17, 15) is 9.59 Å². The summed E-state index contributed by atoms with van der Waals surface area (Å²) in [4.78, 5) is 27.3. The highest BCUT2D eigenvalue weighted by atomic mass is 16.1. The highest BCUT2D eigenvalue weighted by Gasteiger charge is 2.24. The van der Waals surface area contributed by atoms with Crippen LogP contribution in [0.25, 0.3) is 0 Å². The van der Waals surface area contributed by atoms with E-state index in [0.717, 1.165) is 43.6 Å². The standard InChI is InChI=1S/C27H36N2O2/c1-20(19-29-16-14-24(15-17-29)28-25(30)18-27(2,3)4)21-10-12-23(13-11-21)26(31)22-8-6-5-7-9-22/h5-13,20,24H,14-19H2,1-4H3,(H,28,30). The number of likely N-dealkylation sites (tertiary alicyclic amines) is 1. The van der Waals surface area contributed by atoms with Gasteiger partial charge in [-0.2, -0.15) is 0 Å². The molecule has 2 aromatic carbocycles. The van der Waals surface area contributed by atoms with Crippen LogP contribution in [0.15, 0.2) is 54.6 Å². The maximum Gasteiger partial charge on any atom is 0.220 e. The molecule has 1 atom stereocenters. The lowest BCUT2D eigenvalue weighted by Crippen LogP contribution is -2.46. The van der Waals surface area contributed by atoms with E-state index in [4.69, 9.17) is 0 Å². The Kier molecular flexibility index (Phi) is 7.66. The second-order valence-electron chi connectivity index (χ2n) is 10.1. The van der Waals surface area contributed by atoms with Crippen LogP contribution in [0.2, 0.25) is 0 Å². The number of amides is 1. The number of carbonyl (C=O) groups excluding carboxylic acids is 2. The zero-order valence-electron chi connectivity index (χ0n) is 19.4. The smallest absolute Gasteiger partial charge is 0.220 e. The predicted molar refractivity (Wildman–Crippen MR) is 126 cm³/mol. The Labute approximate surface area is 187 Å². The van der Waals surface area contributed by atoms with Crippen LogP contribution in [0.3, 0.4) is 0 Å². The van der Waals surface area contributed by atoms with Crippen LogP contribution >= 0.6 is 0 Å². The lowest BCUT2D eigenvalue weighted by molar-refractivity contribution is -0.123. The molecule has 1 N–H and O–H groups in total. The first-order valence-electron chi connectivity index (χ1n) is 11.4. The average Bonchev–Trinajstić information content (AvgIpc) is 2.74. The fourth-order valence-corrected chi connectivity index (χ4v) is 4.23. The minimum absolute atomic E-state index is 0.0292. The van der Waals surface area contributed by atoms with Crippen molar-refractivity contribution in [3.63, 3.8) is 0 Å². The van der Waals surface area contributed by atoms with Crippen molar-refractivity contribution in [3.05, 3.63) is 71.3 Å². The molecule has 2 aromatic rings. The van der Waals surface area contributed by atoms with Crippen LogP contribution in [0.4, 0.5) is 0 Å². The summed E-state index contributed by atoms with van der Waals surface area (Å²) in [5, 5.41) is 3.21. The molecule has 0 spiro atoms. The molecule has 0 aromatic heterocycles. The first kappa shape index (κ1) is 23.2. The summed E-state index contributed by atoms with van der Waals surface area (Å²) in [6, 6.07) is 17.8. The van der Waals surface area contributed by atoms with Crippen LogP contribution in [-0.2, 0) is 4.79 Å². The molecule has 1 amide bonds. The summed E-state index contributed by atoms with van der Waals surface area (Å²) >= 11 is 0. The molecular weight excluding hydrogens is 384 g/mol. The van der Waals surface area contributed by atoms with Crippen molar-refractivity contribution >= 4 is 11.7 Å². The van der Waals surface area contributed by atoms with E-state index in [2.05, 4.69) is 50.0 Å². The number of hydrogen-bond acceptors (Lipinski definition) is 3. The fourth-order valence-electron chi connectivity index (χ4n) is 4.23. The Bertz CT molecular complexity index is 860. The molecule has 1 unspecified atom stereocenters. The van der Waals surface area contributed by atoms with Crippen LogP contribution < -0.4 is 5.32 Å². The van der Waals surface area contributed by atoms with E-state index in [1.54, 1.807) is 0 Å². The third-order valence-electron chi connectivity index (χ3n) is 5.95. The Morgan fingerprint density at radius 2 is 1.55 bits per heavy atom. The number of ketones is 1. The monoisotopic (exact) mass is 420 g/mol. The predicted octanol–water partition coefficient (Wildman–Crippen LogP) is 5.04. The molecule has 1 aliphatic heterocycles. The molecule has 4 nitrogen and oxygen atoms in total. The van der Waals surface area contributed by atoms with Gasteiger partial charge in [0.15, 0.2) is 5.78 Å². The van der Waals surface area contributed by atoms with Crippen LogP contribution in [0.5, 0.6) is 0 Å². The van der Waals surface area contributed by atoms with Crippen molar-refractivity contribution in [3.8, 4) is 0 Å². The molecule has 31 heavy (non-hydrogen) atoms. The van der Waals surface area contributed by atoms with Gasteiger partial charge in [0.1, 0.15) is 0 Å². The van der Waals surface area contributed by atoms with Gasteiger partial charge in [-0.3, -0.25) is 9.59 Å². The van der Waals surface area contributed by atoms with Gasteiger partial charge >= 0.3 is 0 Å². The number of nitrogens with one attached hydrogen (secondary N) is 1. The van der Waals surface area contributed by atoms with Gasteiger partial charge in [-0.15, -0.1) is 0 Å². The number of rotatable bonds is 7. The van der Waals surface area contributed by atoms with E-state index in [1.807, 2.05) is 42.5 Å². The van der Waals surface area contributed by atoms with E-state index < -0.39 is 0 Å². The minimum atomic E-state index is 0.0292. The first-order chi connectivity index (χ1) is 14.7. The molecule has 0 bridgehead atoms. The minimum Gasteiger partial charge on any atom is -0.353 e. The van der Waals surface area contributed by atoms with E-state index >= 15 is 0 Å². The molecule has 166 valence electrons. The van der Waals surface area contributed by atoms with E-state index in [0.29, 0.717) is 18.4 Å². The third kappa shape index (κ3) is 7.03. The van der Waals surface area contributed by atoms with Gasteiger partial charge in [-0.1, -0.05) is 82.3 Å². The second kappa shape index (κ2) is 10.2. The summed E-state index contributed by atoms with van der Waals surface area (Å²) in [7, 11) is 0. The highest BCUT2D eigenvalue weighted by Crippen LogP contribution is 2.22. The molecule has 1 fully saturated rings. The van der Waals surface area contributed by atoms with Crippen molar-refractivity contribution in [1.29, 1.82) is 0 Å². The van der Waals surface area contributed by atoms with Gasteiger partial charge in [-0.05, 0) is 29.7 Å². The lowest BCUT2D eigenvalue weighted by Gasteiger charge is -2.34. The Balaban J connectivity index is 1.47. The summed E-state index contributed by atoms with van der Waals surface area (Å²) in [5.74, 6) is 0.632. The topological polar surface area (TPSA) is 49.4 Å². The molecule has 4 heteroatoms. The molecule has 1 heterocycles. The molecular formula is C27H36N2O2. The van der Waals surface area contributed by atoms with Crippen molar-refractivity contribution in [2.75, 3.05) is 19.6 Å². The van der Waals surface area contributed by atoms with Crippen LogP contribution in [0.1, 0.15) is 74.4 Å². The van der Waals surface area contributed by atoms with Gasteiger partial charge in [0, 0.05) is 43.2 Å². The van der Waals surface area contributed by atoms with Gasteiger partial charge in [0.2, 0.25) is 5.91 Å².